The number of fused-ring (bicyclic) bond motifs is 3. The van der Waals surface area contributed by atoms with E-state index in [0.717, 1.165) is 4.68 Å². The highest BCUT2D eigenvalue weighted by molar-refractivity contribution is 6.29. The lowest BCUT2D eigenvalue weighted by Gasteiger charge is -2.08. The Morgan fingerprint density at radius 2 is 2.08 bits per heavy atom. The Morgan fingerprint density at radius 1 is 1.27 bits per heavy atom. The number of hydrogen-bond acceptors (Lipinski definition) is 5. The molecule has 11 heteroatoms. The minimum Gasteiger partial charge on any atom is -0.491 e. The number of aryl methyl sites for hydroxylation is 1. The number of aromatic nitrogens is 6. The van der Waals surface area contributed by atoms with E-state index in [-0.39, 0.29) is 16.8 Å². The van der Waals surface area contributed by atoms with Crippen molar-refractivity contribution in [2.45, 2.75) is 26.2 Å². The van der Waals surface area contributed by atoms with Gasteiger partial charge in [-0.2, -0.15) is 18.3 Å². The van der Waals surface area contributed by atoms with Crippen LogP contribution in [0.2, 0.25) is 5.15 Å². The summed E-state index contributed by atoms with van der Waals surface area (Å²) in [5.41, 5.74) is 0.907. The van der Waals surface area contributed by atoms with Crippen LogP contribution in [0.25, 0.3) is 22.9 Å². The highest BCUT2D eigenvalue weighted by Crippen LogP contribution is 2.34. The number of rotatable bonds is 2. The quantitative estimate of drug-likeness (QED) is 0.635. The summed E-state index contributed by atoms with van der Waals surface area (Å²) in [6.45, 7) is 1.14. The second-order valence-electron chi connectivity index (χ2n) is 5.75. The molecule has 0 atom stereocenters. The average molecular weight is 385 g/mol. The summed E-state index contributed by atoms with van der Waals surface area (Å²) < 4.78 is 46.7. The molecule has 3 aromatic rings. The van der Waals surface area contributed by atoms with Crippen LogP contribution in [0.3, 0.4) is 0 Å². The molecule has 0 radical (unpaired) electrons. The van der Waals surface area contributed by atoms with Gasteiger partial charge >= 0.3 is 6.18 Å². The van der Waals surface area contributed by atoms with Gasteiger partial charge in [0.15, 0.2) is 5.82 Å². The Hall–Kier alpha value is -2.62. The summed E-state index contributed by atoms with van der Waals surface area (Å²) >= 11 is 5.90. The molecule has 0 saturated carbocycles. The first-order valence-corrected chi connectivity index (χ1v) is 8.02. The molecule has 136 valence electrons. The molecule has 0 aromatic carbocycles. The summed E-state index contributed by atoms with van der Waals surface area (Å²) in [5.74, 6) is 1.35. The van der Waals surface area contributed by atoms with Crippen LogP contribution in [-0.4, -0.2) is 42.1 Å². The Morgan fingerprint density at radius 3 is 2.85 bits per heavy atom. The first kappa shape index (κ1) is 16.8. The predicted octanol–water partition coefficient (Wildman–Crippen LogP) is 3.12. The summed E-state index contributed by atoms with van der Waals surface area (Å²) in [6, 6.07) is 1.58. The molecule has 0 fully saturated rings. The van der Waals surface area contributed by atoms with Gasteiger partial charge in [-0.3, -0.25) is 0 Å². The maximum Gasteiger partial charge on any atom is 0.408 e. The molecule has 3 aromatic heterocycles. The molecule has 0 bridgehead atoms. The molecule has 1 aliphatic rings. The molecule has 7 nitrogen and oxygen atoms in total. The van der Waals surface area contributed by atoms with E-state index >= 15 is 0 Å². The minimum atomic E-state index is -4.41. The normalized spacial score (nSPS) is 13.7. The van der Waals surface area contributed by atoms with Gasteiger partial charge in [0.1, 0.15) is 41.4 Å². The predicted molar refractivity (Wildman–Crippen MR) is 85.8 cm³/mol. The first-order valence-electron chi connectivity index (χ1n) is 7.64. The molecule has 0 saturated heterocycles. The topological polar surface area (TPSA) is 70.7 Å². The SMILES string of the molecule is Cc1nc(-c2cn3c(n2)-c2cnc(Cl)cc2OCC3)n(CC(F)(F)F)n1. The fourth-order valence-corrected chi connectivity index (χ4v) is 2.94. The number of halogens is 4. The highest BCUT2D eigenvalue weighted by Gasteiger charge is 2.31. The number of pyridine rings is 1. The number of hydrogen-bond donors (Lipinski definition) is 0. The molecule has 1 aliphatic heterocycles. The van der Waals surface area contributed by atoms with Crippen molar-refractivity contribution in [2.24, 2.45) is 0 Å². The lowest BCUT2D eigenvalue weighted by Crippen LogP contribution is -2.19. The van der Waals surface area contributed by atoms with Crippen molar-refractivity contribution in [2.75, 3.05) is 6.61 Å². The van der Waals surface area contributed by atoms with Crippen LogP contribution >= 0.6 is 11.6 Å². The molecular formula is C15H12ClF3N6O. The molecule has 0 spiro atoms. The van der Waals surface area contributed by atoms with E-state index in [9.17, 15) is 13.2 Å². The van der Waals surface area contributed by atoms with E-state index in [1.807, 2.05) is 0 Å². The molecule has 0 unspecified atom stereocenters. The number of ether oxygens (including phenoxy) is 1. The van der Waals surface area contributed by atoms with E-state index in [1.54, 1.807) is 16.8 Å². The Labute approximate surface area is 150 Å². The van der Waals surface area contributed by atoms with Gasteiger partial charge in [-0.25, -0.2) is 19.6 Å². The minimum absolute atomic E-state index is 0.0600. The van der Waals surface area contributed by atoms with Crippen LogP contribution in [-0.2, 0) is 13.1 Å². The van der Waals surface area contributed by atoms with Crippen LogP contribution in [0, 0.1) is 6.92 Å². The average Bonchev–Trinajstić information content (AvgIpc) is 3.05. The third-order valence-electron chi connectivity index (χ3n) is 3.78. The van der Waals surface area contributed by atoms with E-state index in [2.05, 4.69) is 20.1 Å². The van der Waals surface area contributed by atoms with Crippen molar-refractivity contribution in [3.8, 4) is 28.7 Å². The van der Waals surface area contributed by atoms with Gasteiger partial charge in [0.05, 0.1) is 12.1 Å². The summed E-state index contributed by atoms with van der Waals surface area (Å²) in [6.07, 6.45) is -1.25. The van der Waals surface area contributed by atoms with Crippen molar-refractivity contribution < 1.29 is 17.9 Å². The van der Waals surface area contributed by atoms with Crippen LogP contribution in [0.1, 0.15) is 5.82 Å². The Bertz CT molecular complexity index is 980. The smallest absolute Gasteiger partial charge is 0.408 e. The third kappa shape index (κ3) is 3.12. The zero-order valence-electron chi connectivity index (χ0n) is 13.5. The monoisotopic (exact) mass is 384 g/mol. The van der Waals surface area contributed by atoms with Gasteiger partial charge in [-0.05, 0) is 6.92 Å². The third-order valence-corrected chi connectivity index (χ3v) is 3.98. The van der Waals surface area contributed by atoms with Crippen molar-refractivity contribution in [3.63, 3.8) is 0 Å². The maximum absolute atomic E-state index is 12.8. The second-order valence-corrected chi connectivity index (χ2v) is 6.14. The summed E-state index contributed by atoms with van der Waals surface area (Å²) in [7, 11) is 0. The lowest BCUT2D eigenvalue weighted by molar-refractivity contribution is -0.142. The molecule has 4 heterocycles. The van der Waals surface area contributed by atoms with E-state index in [0.29, 0.717) is 36.0 Å². The van der Waals surface area contributed by atoms with Crippen LogP contribution in [0.5, 0.6) is 5.75 Å². The molecule has 4 rings (SSSR count). The van der Waals surface area contributed by atoms with Gasteiger partial charge in [-0.1, -0.05) is 11.6 Å². The van der Waals surface area contributed by atoms with Crippen LogP contribution < -0.4 is 4.74 Å². The van der Waals surface area contributed by atoms with Gasteiger partial charge < -0.3 is 9.30 Å². The van der Waals surface area contributed by atoms with Gasteiger partial charge in [0, 0.05) is 18.5 Å². The summed E-state index contributed by atoms with van der Waals surface area (Å²) in [4.78, 5) is 12.6. The van der Waals surface area contributed by atoms with E-state index in [4.69, 9.17) is 16.3 Å². The standard InChI is InChI=1S/C15H12ClF3N6O/c1-8-21-14(25(23-8)7-15(17,18)19)10-6-24-2-3-26-11-4-12(16)20-5-9(11)13(24)22-10/h4-6H,2-3,7H2,1H3. The fourth-order valence-electron chi connectivity index (χ4n) is 2.79. The lowest BCUT2D eigenvalue weighted by atomic mass is 10.2. The van der Waals surface area contributed by atoms with Crippen molar-refractivity contribution in [1.29, 1.82) is 0 Å². The Balaban J connectivity index is 1.81. The number of nitrogens with zero attached hydrogens (tertiary/aromatic N) is 6. The van der Waals surface area contributed by atoms with Crippen LogP contribution in [0.4, 0.5) is 13.2 Å². The van der Waals surface area contributed by atoms with Crippen molar-refractivity contribution in [1.82, 2.24) is 29.3 Å². The summed E-state index contributed by atoms with van der Waals surface area (Å²) in [5, 5.41) is 4.12. The molecule has 0 aliphatic carbocycles. The molecule has 0 amide bonds. The maximum atomic E-state index is 12.8. The van der Waals surface area contributed by atoms with Crippen molar-refractivity contribution in [3.05, 3.63) is 29.4 Å². The van der Waals surface area contributed by atoms with Gasteiger partial charge in [-0.15, -0.1) is 0 Å². The van der Waals surface area contributed by atoms with Crippen LogP contribution in [0.15, 0.2) is 18.5 Å². The highest BCUT2D eigenvalue weighted by atomic mass is 35.5. The first-order chi connectivity index (χ1) is 12.3. The molecule has 0 N–H and O–H groups in total. The number of alkyl halides is 3. The largest absolute Gasteiger partial charge is 0.491 e. The zero-order valence-corrected chi connectivity index (χ0v) is 14.2. The Kier molecular flexibility index (Phi) is 3.87. The zero-order chi connectivity index (χ0) is 18.5. The fraction of sp³-hybridized carbons (Fsp3) is 0.333. The second kappa shape index (κ2) is 5.97. The van der Waals surface area contributed by atoms with Gasteiger partial charge in [0.25, 0.3) is 0 Å². The van der Waals surface area contributed by atoms with E-state index < -0.39 is 12.7 Å². The molecule has 26 heavy (non-hydrogen) atoms. The van der Waals surface area contributed by atoms with Gasteiger partial charge in [0.2, 0.25) is 0 Å². The molecular weight excluding hydrogens is 373 g/mol. The van der Waals surface area contributed by atoms with E-state index in [1.165, 1.54) is 13.1 Å². The van der Waals surface area contributed by atoms with Crippen molar-refractivity contribution >= 4 is 11.6 Å². The number of imidazole rings is 1.